The van der Waals surface area contributed by atoms with E-state index in [1.807, 2.05) is 5.32 Å². The smallest absolute Gasteiger partial charge is 0.334 e. The molecular weight excluding hydrogens is 202 g/mol. The maximum Gasteiger partial charge on any atom is 0.334 e. The van der Waals surface area contributed by atoms with E-state index < -0.39 is 28.3 Å². The molecule has 1 aliphatic rings. The highest BCUT2D eigenvalue weighted by Crippen LogP contribution is 1.91. The number of hydrogen-bond acceptors (Lipinski definition) is 4. The molecule has 0 aliphatic carbocycles. The molecule has 1 saturated heterocycles. The number of amides is 3. The van der Waals surface area contributed by atoms with Gasteiger partial charge in [-0.3, -0.25) is 14.7 Å². The topological polar surface area (TPSA) is 125 Å². The van der Waals surface area contributed by atoms with Gasteiger partial charge in [0, 0.05) is 6.54 Å². The summed E-state index contributed by atoms with van der Waals surface area (Å²) in [6, 6.07) is -1.87. The van der Waals surface area contributed by atoms with E-state index in [9.17, 15) is 18.0 Å². The maximum absolute atomic E-state index is 10.9. The average Bonchev–Trinajstić information content (AvgIpc) is 1.93. The van der Waals surface area contributed by atoms with Gasteiger partial charge >= 0.3 is 16.3 Å². The zero-order valence-electron chi connectivity index (χ0n) is 6.27. The first kappa shape index (κ1) is 9.89. The summed E-state index contributed by atoms with van der Waals surface area (Å²) in [7, 11) is -4.44. The van der Waals surface area contributed by atoms with Gasteiger partial charge in [0.2, 0.25) is 5.91 Å². The van der Waals surface area contributed by atoms with Crippen molar-refractivity contribution in [2.24, 2.45) is 0 Å². The normalized spacial score (nSPS) is 23.6. The quantitative estimate of drug-likeness (QED) is 0.377. The molecular formula is C4H7N3O5S. The number of carbonyl (C=O) groups is 2. The summed E-state index contributed by atoms with van der Waals surface area (Å²) in [6.45, 7) is -0.190. The molecule has 1 unspecified atom stereocenters. The van der Waals surface area contributed by atoms with Gasteiger partial charge < -0.3 is 5.32 Å². The third kappa shape index (κ3) is 2.97. The summed E-state index contributed by atoms with van der Waals surface area (Å²) in [5, 5.41) is 4.00. The van der Waals surface area contributed by atoms with Crippen LogP contribution in [0.3, 0.4) is 0 Å². The van der Waals surface area contributed by atoms with Crippen LogP contribution in [0.4, 0.5) is 4.79 Å². The largest absolute Gasteiger partial charge is 0.336 e. The summed E-state index contributed by atoms with van der Waals surface area (Å²) in [4.78, 5) is 21.4. The maximum atomic E-state index is 10.9. The van der Waals surface area contributed by atoms with Crippen molar-refractivity contribution in [3.63, 3.8) is 0 Å². The molecule has 0 bridgehead atoms. The lowest BCUT2D eigenvalue weighted by Gasteiger charge is -2.21. The van der Waals surface area contributed by atoms with Crippen LogP contribution in [0.25, 0.3) is 0 Å². The molecule has 0 aromatic rings. The van der Waals surface area contributed by atoms with Crippen molar-refractivity contribution in [1.82, 2.24) is 15.4 Å². The number of carbonyl (C=O) groups excluding carboxylic acids is 2. The lowest BCUT2D eigenvalue weighted by Crippen LogP contribution is -2.60. The third-order valence-electron chi connectivity index (χ3n) is 1.31. The Bertz CT molecular complexity index is 336. The number of urea groups is 1. The van der Waals surface area contributed by atoms with E-state index >= 15 is 0 Å². The zero-order chi connectivity index (χ0) is 10.1. The van der Waals surface area contributed by atoms with Crippen LogP contribution in [-0.4, -0.2) is 37.5 Å². The van der Waals surface area contributed by atoms with E-state index in [2.05, 4.69) is 5.32 Å². The van der Waals surface area contributed by atoms with Crippen molar-refractivity contribution in [2.75, 3.05) is 6.54 Å². The first-order valence-corrected chi connectivity index (χ1v) is 4.66. The van der Waals surface area contributed by atoms with Crippen LogP contribution in [0.1, 0.15) is 0 Å². The van der Waals surface area contributed by atoms with Crippen LogP contribution in [0, 0.1) is 0 Å². The zero-order valence-corrected chi connectivity index (χ0v) is 7.09. The van der Waals surface area contributed by atoms with Crippen molar-refractivity contribution in [3.8, 4) is 0 Å². The molecule has 0 radical (unpaired) electrons. The Kier molecular flexibility index (Phi) is 2.50. The van der Waals surface area contributed by atoms with Crippen molar-refractivity contribution in [3.05, 3.63) is 0 Å². The fourth-order valence-corrected chi connectivity index (χ4v) is 1.36. The predicted molar refractivity (Wildman–Crippen MR) is 40.0 cm³/mol. The Balaban J connectivity index is 2.63. The van der Waals surface area contributed by atoms with E-state index in [0.717, 1.165) is 0 Å². The fourth-order valence-electron chi connectivity index (χ4n) is 0.806. The van der Waals surface area contributed by atoms with E-state index in [1.165, 1.54) is 0 Å². The second-order valence-electron chi connectivity index (χ2n) is 2.34. The predicted octanol–water partition coefficient (Wildman–Crippen LogP) is -2.41. The van der Waals surface area contributed by atoms with E-state index in [-0.39, 0.29) is 6.54 Å². The van der Waals surface area contributed by atoms with Gasteiger partial charge in [0.05, 0.1) is 0 Å². The number of rotatable bonds is 2. The summed E-state index contributed by atoms with van der Waals surface area (Å²) in [5.41, 5.74) is 0. The van der Waals surface area contributed by atoms with Crippen LogP contribution in [0.2, 0.25) is 0 Å². The minimum absolute atomic E-state index is 0.190. The van der Waals surface area contributed by atoms with E-state index in [0.29, 0.717) is 0 Å². The van der Waals surface area contributed by atoms with Crippen LogP contribution in [0.15, 0.2) is 0 Å². The monoisotopic (exact) mass is 209 g/mol. The van der Waals surface area contributed by atoms with Gasteiger partial charge in [-0.05, 0) is 0 Å². The summed E-state index contributed by atoms with van der Waals surface area (Å²) >= 11 is 0. The standard InChI is InChI=1S/C4H7N3O5S/c8-3-2(7-13(10,11)12)1-5-4(9)6-3/h2,7H,1H2,(H,10,11,12)(H2,5,6,8,9). The van der Waals surface area contributed by atoms with Crippen LogP contribution in [0.5, 0.6) is 0 Å². The van der Waals surface area contributed by atoms with Gasteiger partial charge in [-0.15, -0.1) is 0 Å². The average molecular weight is 209 g/mol. The Morgan fingerprint density at radius 3 is 2.54 bits per heavy atom. The Morgan fingerprint density at radius 2 is 2.08 bits per heavy atom. The second kappa shape index (κ2) is 3.28. The van der Waals surface area contributed by atoms with Crippen LogP contribution < -0.4 is 15.4 Å². The number of hydrogen-bond donors (Lipinski definition) is 4. The minimum Gasteiger partial charge on any atom is -0.336 e. The molecule has 4 N–H and O–H groups in total. The first-order valence-electron chi connectivity index (χ1n) is 3.22. The highest BCUT2D eigenvalue weighted by molar-refractivity contribution is 7.83. The Labute approximate surface area is 73.6 Å². The molecule has 1 rings (SSSR count). The highest BCUT2D eigenvalue weighted by atomic mass is 32.2. The summed E-state index contributed by atoms with van der Waals surface area (Å²) in [6.07, 6.45) is 0. The van der Waals surface area contributed by atoms with E-state index in [1.54, 1.807) is 4.72 Å². The van der Waals surface area contributed by atoms with Crippen molar-refractivity contribution < 1.29 is 22.6 Å². The molecule has 74 valence electrons. The fraction of sp³-hybridized carbons (Fsp3) is 0.500. The molecule has 0 aromatic heterocycles. The lowest BCUT2D eigenvalue weighted by atomic mass is 10.2. The van der Waals surface area contributed by atoms with Crippen LogP contribution in [-0.2, 0) is 15.1 Å². The molecule has 8 nitrogen and oxygen atoms in total. The Morgan fingerprint density at radius 1 is 1.46 bits per heavy atom. The minimum atomic E-state index is -4.44. The molecule has 0 aromatic carbocycles. The SMILES string of the molecule is O=C1NCC(NS(=O)(=O)O)C(=O)N1. The molecule has 1 atom stereocenters. The molecule has 0 spiro atoms. The van der Waals surface area contributed by atoms with Gasteiger partial charge in [-0.25, -0.2) is 4.79 Å². The number of nitrogens with one attached hydrogen (secondary N) is 3. The van der Waals surface area contributed by atoms with Gasteiger partial charge in [-0.2, -0.15) is 13.1 Å². The Hall–Kier alpha value is -1.19. The molecule has 1 fully saturated rings. The van der Waals surface area contributed by atoms with Gasteiger partial charge in [0.25, 0.3) is 0 Å². The molecule has 1 aliphatic heterocycles. The van der Waals surface area contributed by atoms with Crippen molar-refractivity contribution in [1.29, 1.82) is 0 Å². The number of imide groups is 1. The first-order chi connectivity index (χ1) is 5.88. The molecule has 0 saturated carbocycles. The third-order valence-corrected chi connectivity index (χ3v) is 1.89. The molecule has 1 heterocycles. The van der Waals surface area contributed by atoms with Crippen LogP contribution >= 0.6 is 0 Å². The summed E-state index contributed by atoms with van der Waals surface area (Å²) in [5.74, 6) is -0.804. The molecule has 13 heavy (non-hydrogen) atoms. The highest BCUT2D eigenvalue weighted by Gasteiger charge is 2.28. The van der Waals surface area contributed by atoms with Gasteiger partial charge in [0.15, 0.2) is 0 Å². The van der Waals surface area contributed by atoms with E-state index in [4.69, 9.17) is 4.55 Å². The van der Waals surface area contributed by atoms with Gasteiger partial charge in [0.1, 0.15) is 6.04 Å². The van der Waals surface area contributed by atoms with Gasteiger partial charge in [-0.1, -0.05) is 0 Å². The second-order valence-corrected chi connectivity index (χ2v) is 3.53. The van der Waals surface area contributed by atoms with Crippen molar-refractivity contribution >= 4 is 22.2 Å². The molecule has 9 heteroatoms. The molecule has 3 amide bonds. The lowest BCUT2D eigenvalue weighted by molar-refractivity contribution is -0.122. The van der Waals surface area contributed by atoms with Crippen molar-refractivity contribution in [2.45, 2.75) is 6.04 Å². The summed E-state index contributed by atoms with van der Waals surface area (Å²) < 4.78 is 30.5.